The van der Waals surface area contributed by atoms with Crippen molar-refractivity contribution < 1.29 is 4.79 Å². The van der Waals surface area contributed by atoms with E-state index in [1.165, 1.54) is 39.1 Å². The minimum absolute atomic E-state index is 0.0385. The topological polar surface area (TPSA) is 33.2 Å². The summed E-state index contributed by atoms with van der Waals surface area (Å²) in [5, 5.41) is 0. The molecule has 0 aliphatic heterocycles. The highest BCUT2D eigenvalue weighted by Crippen LogP contribution is 2.30. The Balaban J connectivity index is 1.44. The molecule has 3 heteroatoms. The molecular formula is C30H34N2O. The highest BCUT2D eigenvalue weighted by molar-refractivity contribution is 5.94. The zero-order valence-corrected chi connectivity index (χ0v) is 20.1. The summed E-state index contributed by atoms with van der Waals surface area (Å²) in [7, 11) is 3.57. The molecule has 0 saturated carbocycles. The van der Waals surface area contributed by atoms with Gasteiger partial charge in [0, 0.05) is 31.5 Å². The van der Waals surface area contributed by atoms with Crippen LogP contribution in [-0.2, 0) is 25.7 Å². The standard InChI is InChI=1S/C30H34N2O/c1-4-22-8-5-9-23(18-22)10-6-13-29-20-27-12-7-11-26(19-28(27)21-31-29)24-14-16-25(17-15-24)30(33)32(2)3/h5,8-9,14-21H,4,6-7,10-13H2,1-3H3. The maximum Gasteiger partial charge on any atom is 0.253 e. The third-order valence-corrected chi connectivity index (χ3v) is 6.51. The third kappa shape index (κ3) is 5.78. The fourth-order valence-electron chi connectivity index (χ4n) is 4.56. The minimum Gasteiger partial charge on any atom is -0.345 e. The number of rotatable bonds is 7. The molecule has 0 fully saturated rings. The Morgan fingerprint density at radius 2 is 1.76 bits per heavy atom. The minimum atomic E-state index is 0.0385. The average molecular weight is 439 g/mol. The highest BCUT2D eigenvalue weighted by atomic mass is 16.2. The fraction of sp³-hybridized carbons (Fsp3) is 0.333. The van der Waals surface area contributed by atoms with Crippen LogP contribution in [0.4, 0.5) is 0 Å². The quantitative estimate of drug-likeness (QED) is 0.428. The number of aromatic nitrogens is 1. The lowest BCUT2D eigenvalue weighted by Gasteiger charge is -2.11. The molecule has 1 heterocycles. The smallest absolute Gasteiger partial charge is 0.253 e. The van der Waals surface area contributed by atoms with Gasteiger partial charge in [-0.2, -0.15) is 0 Å². The first-order chi connectivity index (χ1) is 16.0. The van der Waals surface area contributed by atoms with E-state index in [2.05, 4.69) is 61.7 Å². The van der Waals surface area contributed by atoms with E-state index in [0.29, 0.717) is 0 Å². The molecule has 3 nitrogen and oxygen atoms in total. The van der Waals surface area contributed by atoms with Gasteiger partial charge in [-0.3, -0.25) is 9.78 Å². The first-order valence-electron chi connectivity index (χ1n) is 12.1. The summed E-state index contributed by atoms with van der Waals surface area (Å²) >= 11 is 0. The Hall–Kier alpha value is -3.20. The molecule has 1 aliphatic carbocycles. The molecule has 0 atom stereocenters. The monoisotopic (exact) mass is 438 g/mol. The van der Waals surface area contributed by atoms with Crippen molar-refractivity contribution in [2.45, 2.75) is 51.9 Å². The van der Waals surface area contributed by atoms with Crippen LogP contribution in [0.1, 0.15) is 70.1 Å². The Morgan fingerprint density at radius 3 is 2.52 bits per heavy atom. The fourth-order valence-corrected chi connectivity index (χ4v) is 4.56. The van der Waals surface area contributed by atoms with E-state index in [1.807, 2.05) is 12.1 Å². The third-order valence-electron chi connectivity index (χ3n) is 6.51. The average Bonchev–Trinajstić information content (AvgIpc) is 3.06. The van der Waals surface area contributed by atoms with Crippen LogP contribution in [0.3, 0.4) is 0 Å². The molecular weight excluding hydrogens is 404 g/mol. The normalized spacial score (nSPS) is 13.1. The van der Waals surface area contributed by atoms with Crippen LogP contribution in [0.15, 0.2) is 60.8 Å². The van der Waals surface area contributed by atoms with Crippen LogP contribution in [0.2, 0.25) is 0 Å². The molecule has 1 aliphatic rings. The largest absolute Gasteiger partial charge is 0.345 e. The molecule has 3 aromatic rings. The summed E-state index contributed by atoms with van der Waals surface area (Å²) in [5.74, 6) is 0.0385. The molecule has 0 bridgehead atoms. The highest BCUT2D eigenvalue weighted by Gasteiger charge is 2.13. The molecule has 0 spiro atoms. The number of pyridine rings is 1. The van der Waals surface area contributed by atoms with Crippen LogP contribution in [0.25, 0.3) is 11.6 Å². The first kappa shape index (κ1) is 23.0. The summed E-state index contributed by atoms with van der Waals surface area (Å²) in [6.45, 7) is 2.21. The first-order valence-corrected chi connectivity index (χ1v) is 12.1. The van der Waals surface area contributed by atoms with Crippen LogP contribution in [-0.4, -0.2) is 29.9 Å². The van der Waals surface area contributed by atoms with Crippen LogP contribution in [0, 0.1) is 0 Å². The van der Waals surface area contributed by atoms with Crippen LogP contribution in [0.5, 0.6) is 0 Å². The second-order valence-electron chi connectivity index (χ2n) is 9.20. The van der Waals surface area contributed by atoms with Gasteiger partial charge >= 0.3 is 0 Å². The molecule has 0 unspecified atom stereocenters. The van der Waals surface area contributed by atoms with Crippen LogP contribution < -0.4 is 0 Å². The van der Waals surface area contributed by atoms with Crippen molar-refractivity contribution in [3.8, 4) is 0 Å². The van der Waals surface area contributed by atoms with E-state index in [-0.39, 0.29) is 5.91 Å². The van der Waals surface area contributed by atoms with Gasteiger partial charge in [-0.25, -0.2) is 0 Å². The number of carbonyl (C=O) groups excluding carboxylic acids is 1. The maximum absolute atomic E-state index is 12.2. The van der Waals surface area contributed by atoms with Crippen molar-refractivity contribution in [2.24, 2.45) is 0 Å². The lowest BCUT2D eigenvalue weighted by atomic mass is 9.99. The van der Waals surface area contributed by atoms with Crippen molar-refractivity contribution in [3.05, 3.63) is 99.9 Å². The van der Waals surface area contributed by atoms with Crippen molar-refractivity contribution >= 4 is 17.6 Å². The Bertz CT molecular complexity index is 1140. The second kappa shape index (κ2) is 10.6. The molecule has 4 rings (SSSR count). The summed E-state index contributed by atoms with van der Waals surface area (Å²) < 4.78 is 0. The zero-order valence-electron chi connectivity index (χ0n) is 20.1. The summed E-state index contributed by atoms with van der Waals surface area (Å²) in [5.41, 5.74) is 9.92. The molecule has 1 aromatic heterocycles. The predicted octanol–water partition coefficient (Wildman–Crippen LogP) is 6.40. The van der Waals surface area contributed by atoms with Crippen molar-refractivity contribution in [3.63, 3.8) is 0 Å². The summed E-state index contributed by atoms with van der Waals surface area (Å²) in [6, 6.07) is 19.3. The summed E-state index contributed by atoms with van der Waals surface area (Å²) in [6.07, 6.45) is 11.9. The molecule has 0 N–H and O–H groups in total. The number of fused-ring (bicyclic) bond motifs is 1. The van der Waals surface area contributed by atoms with Crippen molar-refractivity contribution in [2.75, 3.05) is 14.1 Å². The Kier molecular flexibility index (Phi) is 7.39. The van der Waals surface area contributed by atoms with E-state index in [1.54, 1.807) is 19.0 Å². The molecule has 33 heavy (non-hydrogen) atoms. The number of benzene rings is 2. The number of hydrogen-bond donors (Lipinski definition) is 0. The van der Waals surface area contributed by atoms with Gasteiger partial charge < -0.3 is 4.90 Å². The predicted molar refractivity (Wildman–Crippen MR) is 137 cm³/mol. The number of hydrogen-bond acceptors (Lipinski definition) is 2. The van der Waals surface area contributed by atoms with Crippen molar-refractivity contribution in [1.82, 2.24) is 9.88 Å². The molecule has 170 valence electrons. The number of amides is 1. The van der Waals surface area contributed by atoms with E-state index < -0.39 is 0 Å². The van der Waals surface area contributed by atoms with Gasteiger partial charge in [-0.1, -0.05) is 43.3 Å². The number of aryl methyl sites for hydroxylation is 4. The van der Waals surface area contributed by atoms with Gasteiger partial charge in [0.2, 0.25) is 0 Å². The second-order valence-corrected chi connectivity index (χ2v) is 9.20. The van der Waals surface area contributed by atoms with Gasteiger partial charge in [0.1, 0.15) is 0 Å². The number of carbonyl (C=O) groups is 1. The zero-order chi connectivity index (χ0) is 23.2. The maximum atomic E-state index is 12.2. The Morgan fingerprint density at radius 1 is 0.970 bits per heavy atom. The lowest BCUT2D eigenvalue weighted by Crippen LogP contribution is -2.21. The van der Waals surface area contributed by atoms with E-state index in [0.717, 1.165) is 50.5 Å². The molecule has 0 saturated heterocycles. The molecule has 1 amide bonds. The van der Waals surface area contributed by atoms with E-state index in [4.69, 9.17) is 4.98 Å². The summed E-state index contributed by atoms with van der Waals surface area (Å²) in [4.78, 5) is 18.6. The van der Waals surface area contributed by atoms with Crippen molar-refractivity contribution in [1.29, 1.82) is 0 Å². The molecule has 2 aromatic carbocycles. The van der Waals surface area contributed by atoms with Gasteiger partial charge in [-0.15, -0.1) is 0 Å². The van der Waals surface area contributed by atoms with E-state index >= 15 is 0 Å². The van der Waals surface area contributed by atoms with Gasteiger partial charge in [-0.05, 0) is 103 Å². The van der Waals surface area contributed by atoms with Crippen LogP contribution >= 0.6 is 0 Å². The molecule has 0 radical (unpaired) electrons. The Labute approximate surface area is 198 Å². The number of allylic oxidation sites excluding steroid dienone is 1. The van der Waals surface area contributed by atoms with Gasteiger partial charge in [0.25, 0.3) is 5.91 Å². The van der Waals surface area contributed by atoms with E-state index in [9.17, 15) is 4.79 Å². The van der Waals surface area contributed by atoms with Gasteiger partial charge in [0.15, 0.2) is 0 Å². The van der Waals surface area contributed by atoms with Gasteiger partial charge in [0.05, 0.1) is 0 Å². The number of nitrogens with zero attached hydrogens (tertiary/aromatic N) is 2. The SMILES string of the molecule is CCc1cccc(CCCc2cc3c(cn2)C=C(c2ccc(C(=O)N(C)C)cc2)CCC3)c1. The lowest BCUT2D eigenvalue weighted by molar-refractivity contribution is 0.0827.